The molecule has 1 aliphatic rings. The van der Waals surface area contributed by atoms with Crippen molar-refractivity contribution in [1.82, 2.24) is 9.88 Å². The fourth-order valence-electron chi connectivity index (χ4n) is 2.46. The van der Waals surface area contributed by atoms with Crippen LogP contribution < -0.4 is 4.90 Å². The molecule has 8 heteroatoms. The van der Waals surface area contributed by atoms with Crippen LogP contribution in [0.4, 0.5) is 16.3 Å². The number of carbonyl (C=O) groups excluding carboxylic acids is 1. The van der Waals surface area contributed by atoms with Crippen LogP contribution in [-0.4, -0.2) is 52.2 Å². The summed E-state index contributed by atoms with van der Waals surface area (Å²) in [6.07, 6.45) is 1.18. The van der Waals surface area contributed by atoms with Gasteiger partial charge in [0.25, 0.3) is 0 Å². The van der Waals surface area contributed by atoms with Crippen molar-refractivity contribution in [3.05, 3.63) is 28.4 Å². The van der Waals surface area contributed by atoms with Gasteiger partial charge in [0.15, 0.2) is 6.20 Å². The first-order chi connectivity index (χ1) is 10.7. The van der Waals surface area contributed by atoms with Gasteiger partial charge in [-0.05, 0) is 43.7 Å². The molecule has 1 atom stereocenters. The van der Waals surface area contributed by atoms with Gasteiger partial charge in [-0.25, -0.2) is 4.79 Å². The maximum atomic E-state index is 12.2. The molecule has 1 aliphatic heterocycles. The number of carbonyl (C=O) groups is 1. The number of piperazine rings is 1. The van der Waals surface area contributed by atoms with Crippen molar-refractivity contribution in [2.75, 3.05) is 24.5 Å². The summed E-state index contributed by atoms with van der Waals surface area (Å²) in [5.41, 5.74) is 0.294. The van der Waals surface area contributed by atoms with E-state index in [2.05, 4.69) is 9.88 Å². The minimum atomic E-state index is -0.521. The molecule has 0 radical (unpaired) electrons. The first kappa shape index (κ1) is 17.0. The smallest absolute Gasteiger partial charge is 0.410 e. The van der Waals surface area contributed by atoms with Crippen LogP contribution in [0.2, 0.25) is 0 Å². The van der Waals surface area contributed by atoms with E-state index in [0.717, 1.165) is 5.69 Å². The second kappa shape index (κ2) is 6.39. The number of pyridine rings is 1. The lowest BCUT2D eigenvalue weighted by Crippen LogP contribution is -2.55. The summed E-state index contributed by atoms with van der Waals surface area (Å²) >= 11 is 0. The van der Waals surface area contributed by atoms with Gasteiger partial charge in [0.05, 0.1) is 5.69 Å². The predicted octanol–water partition coefficient (Wildman–Crippen LogP) is 2.44. The van der Waals surface area contributed by atoms with E-state index < -0.39 is 10.5 Å². The number of ether oxygens (including phenoxy) is 1. The Morgan fingerprint density at radius 1 is 1.39 bits per heavy atom. The number of hydrogen-bond donors (Lipinski definition) is 0. The predicted molar refractivity (Wildman–Crippen MR) is 85.5 cm³/mol. The Bertz CT molecular complexity index is 582. The molecule has 1 amide bonds. The number of amides is 1. The molecule has 0 N–H and O–H groups in total. The molecule has 0 spiro atoms. The molecule has 0 unspecified atom stereocenters. The zero-order chi connectivity index (χ0) is 17.2. The highest BCUT2D eigenvalue weighted by atomic mass is 16.6. The number of nitrogens with zero attached hydrogens (tertiary/aromatic N) is 4. The molecule has 0 saturated carbocycles. The van der Waals surface area contributed by atoms with Crippen LogP contribution in [0.1, 0.15) is 27.7 Å². The fraction of sp³-hybridized carbons (Fsp3) is 0.600. The molecule has 2 rings (SSSR count). The summed E-state index contributed by atoms with van der Waals surface area (Å²) in [6, 6.07) is 3.05. The molecule has 0 bridgehead atoms. The topological polar surface area (TPSA) is 88.8 Å². The normalized spacial score (nSPS) is 18.7. The molecule has 1 aromatic heterocycles. The van der Waals surface area contributed by atoms with Crippen molar-refractivity contribution in [2.45, 2.75) is 39.3 Å². The summed E-state index contributed by atoms with van der Waals surface area (Å²) in [5, 5.41) is 10.6. The number of rotatable bonds is 2. The highest BCUT2D eigenvalue weighted by molar-refractivity contribution is 5.69. The molecule has 0 aliphatic carbocycles. The van der Waals surface area contributed by atoms with E-state index in [0.29, 0.717) is 19.6 Å². The van der Waals surface area contributed by atoms with E-state index in [1.165, 1.54) is 12.3 Å². The summed E-state index contributed by atoms with van der Waals surface area (Å²) in [4.78, 5) is 29.9. The molecule has 1 aromatic rings. The van der Waals surface area contributed by atoms with Gasteiger partial charge in [0.2, 0.25) is 0 Å². The quantitative estimate of drug-likeness (QED) is 0.614. The lowest BCUT2D eigenvalue weighted by Gasteiger charge is -2.40. The van der Waals surface area contributed by atoms with Crippen LogP contribution in [-0.2, 0) is 4.74 Å². The van der Waals surface area contributed by atoms with E-state index in [1.54, 1.807) is 11.0 Å². The second-order valence-electron chi connectivity index (χ2n) is 6.60. The van der Waals surface area contributed by atoms with Crippen LogP contribution in [0.25, 0.3) is 0 Å². The number of anilines is 1. The molecule has 1 saturated heterocycles. The first-order valence-corrected chi connectivity index (χ1v) is 7.52. The van der Waals surface area contributed by atoms with E-state index in [-0.39, 0.29) is 18.0 Å². The molecule has 0 aromatic carbocycles. The van der Waals surface area contributed by atoms with E-state index in [9.17, 15) is 14.9 Å². The Morgan fingerprint density at radius 3 is 2.57 bits per heavy atom. The maximum Gasteiger partial charge on any atom is 0.410 e. The molecule has 1 fully saturated rings. The molecule has 2 heterocycles. The first-order valence-electron chi connectivity index (χ1n) is 7.52. The Labute approximate surface area is 135 Å². The number of aromatic nitrogens is 1. The van der Waals surface area contributed by atoms with Crippen LogP contribution in [0.5, 0.6) is 0 Å². The van der Waals surface area contributed by atoms with E-state index in [4.69, 9.17) is 4.74 Å². The van der Waals surface area contributed by atoms with Crippen molar-refractivity contribution in [2.24, 2.45) is 0 Å². The second-order valence-corrected chi connectivity index (χ2v) is 6.60. The van der Waals surface area contributed by atoms with Crippen LogP contribution in [0.3, 0.4) is 0 Å². The van der Waals surface area contributed by atoms with Gasteiger partial charge < -0.3 is 24.7 Å². The third-order valence-electron chi connectivity index (χ3n) is 3.54. The van der Waals surface area contributed by atoms with Gasteiger partial charge in [-0.1, -0.05) is 0 Å². The third-order valence-corrected chi connectivity index (χ3v) is 3.54. The zero-order valence-corrected chi connectivity index (χ0v) is 13.9. The Hall–Kier alpha value is -2.38. The molecular weight excluding hydrogens is 300 g/mol. The van der Waals surface area contributed by atoms with Gasteiger partial charge in [-0.15, -0.1) is 0 Å². The minimum Gasteiger partial charge on any atom is -0.444 e. The monoisotopic (exact) mass is 322 g/mol. The molecule has 8 nitrogen and oxygen atoms in total. The Morgan fingerprint density at radius 2 is 2.09 bits per heavy atom. The number of hydrogen-bond acceptors (Lipinski definition) is 6. The molecule has 23 heavy (non-hydrogen) atoms. The van der Waals surface area contributed by atoms with Crippen molar-refractivity contribution in [3.63, 3.8) is 0 Å². The van der Waals surface area contributed by atoms with Crippen LogP contribution in [0.15, 0.2) is 18.3 Å². The molecule has 126 valence electrons. The van der Waals surface area contributed by atoms with Gasteiger partial charge in [-0.3, -0.25) is 0 Å². The van der Waals surface area contributed by atoms with Gasteiger partial charge in [0, 0.05) is 31.7 Å². The highest BCUT2D eigenvalue weighted by Crippen LogP contribution is 2.21. The summed E-state index contributed by atoms with van der Waals surface area (Å²) in [6.45, 7) is 9.26. The largest absolute Gasteiger partial charge is 0.444 e. The number of nitro groups is 1. The summed E-state index contributed by atoms with van der Waals surface area (Å²) in [7, 11) is 0. The summed E-state index contributed by atoms with van der Waals surface area (Å²) < 4.78 is 5.41. The lowest BCUT2D eigenvalue weighted by molar-refractivity contribution is -0.389. The van der Waals surface area contributed by atoms with Gasteiger partial charge >= 0.3 is 11.9 Å². The van der Waals surface area contributed by atoms with Crippen molar-refractivity contribution >= 4 is 17.6 Å². The van der Waals surface area contributed by atoms with Crippen LogP contribution >= 0.6 is 0 Å². The van der Waals surface area contributed by atoms with Crippen molar-refractivity contribution in [3.8, 4) is 0 Å². The Balaban J connectivity index is 2.00. The average molecular weight is 322 g/mol. The zero-order valence-electron chi connectivity index (χ0n) is 13.9. The SMILES string of the molecule is C[C@H]1CN(c2ccc([N+](=O)[O-])nc2)CCN1C(=O)OC(C)(C)C. The molecular formula is C15H22N4O4. The van der Waals surface area contributed by atoms with Gasteiger partial charge in [0.1, 0.15) is 5.60 Å². The van der Waals surface area contributed by atoms with E-state index >= 15 is 0 Å². The van der Waals surface area contributed by atoms with Gasteiger partial charge in [-0.2, -0.15) is 0 Å². The Kier molecular flexibility index (Phi) is 4.72. The minimum absolute atomic E-state index is 0.0196. The van der Waals surface area contributed by atoms with Crippen molar-refractivity contribution in [1.29, 1.82) is 0 Å². The average Bonchev–Trinajstić information content (AvgIpc) is 2.45. The lowest BCUT2D eigenvalue weighted by atomic mass is 10.1. The fourth-order valence-corrected chi connectivity index (χ4v) is 2.46. The highest BCUT2D eigenvalue weighted by Gasteiger charge is 2.31. The third kappa shape index (κ3) is 4.30. The van der Waals surface area contributed by atoms with Crippen molar-refractivity contribution < 1.29 is 14.5 Å². The van der Waals surface area contributed by atoms with E-state index in [1.807, 2.05) is 27.7 Å². The summed E-state index contributed by atoms with van der Waals surface area (Å²) in [5.74, 6) is -0.172. The standard InChI is InChI=1S/C15H22N4O4/c1-11-10-17(12-5-6-13(16-9-12)19(21)22)7-8-18(11)14(20)23-15(2,3)4/h5-6,9,11H,7-8,10H2,1-4H3/t11-/m0/s1. The maximum absolute atomic E-state index is 12.2. The van der Waals surface area contributed by atoms with Crippen LogP contribution in [0, 0.1) is 10.1 Å².